The molecule has 5 N–H and O–H groups in total. The van der Waals surface area contributed by atoms with Crippen molar-refractivity contribution < 1.29 is 4.79 Å². The molecule has 0 saturated carbocycles. The van der Waals surface area contributed by atoms with Crippen LogP contribution in [0.15, 0.2) is 30.3 Å². The number of aromatic nitrogens is 1. The number of amides is 1. The van der Waals surface area contributed by atoms with E-state index in [4.69, 9.17) is 16.7 Å². The summed E-state index contributed by atoms with van der Waals surface area (Å²) in [5, 5.41) is 12.8. The molecule has 26 heavy (non-hydrogen) atoms. The minimum Gasteiger partial charge on any atom is -0.397 e. The van der Waals surface area contributed by atoms with Gasteiger partial charge in [-0.15, -0.1) is 11.3 Å². The fraction of sp³-hybridized carbons (Fsp3) is 0.211. The number of pyridine rings is 1. The maximum Gasteiger partial charge on any atom is 0.264 e. The van der Waals surface area contributed by atoms with Crippen LogP contribution < -0.4 is 16.8 Å². The molecule has 1 aliphatic carbocycles. The minimum absolute atomic E-state index is 0.0234. The zero-order chi connectivity index (χ0) is 18.3. The number of nitrogen functional groups attached to an aromatic ring is 2. The van der Waals surface area contributed by atoms with E-state index in [0.29, 0.717) is 20.8 Å². The number of hydrogen-bond donors (Lipinski definition) is 3. The van der Waals surface area contributed by atoms with Crippen LogP contribution in [0.1, 0.15) is 45.2 Å². The molecule has 1 aromatic carbocycles. The van der Waals surface area contributed by atoms with Crippen LogP contribution in [0.4, 0.5) is 11.5 Å². The number of nitriles is 1. The monoisotopic (exact) mass is 363 g/mol. The number of nitrogens with zero attached hydrogens (tertiary/aromatic N) is 2. The quantitative estimate of drug-likeness (QED) is 0.646. The number of carbonyl (C=O) groups excluding carboxylic acids is 1. The fourth-order valence-electron chi connectivity index (χ4n) is 3.44. The van der Waals surface area contributed by atoms with Crippen LogP contribution in [0.3, 0.4) is 0 Å². The van der Waals surface area contributed by atoms with Gasteiger partial charge in [-0.1, -0.05) is 24.3 Å². The number of aryl methyl sites for hydroxylation is 1. The fourth-order valence-corrected chi connectivity index (χ4v) is 4.43. The molecule has 6 nitrogen and oxygen atoms in total. The molecule has 0 bridgehead atoms. The predicted octanol–water partition coefficient (Wildman–Crippen LogP) is 3.14. The number of hydrogen-bond acceptors (Lipinski definition) is 6. The van der Waals surface area contributed by atoms with Gasteiger partial charge in [0.15, 0.2) is 0 Å². The van der Waals surface area contributed by atoms with E-state index < -0.39 is 0 Å². The van der Waals surface area contributed by atoms with Crippen molar-refractivity contribution in [3.8, 4) is 6.07 Å². The summed E-state index contributed by atoms with van der Waals surface area (Å²) in [4.78, 5) is 18.0. The van der Waals surface area contributed by atoms with Crippen molar-refractivity contribution in [2.45, 2.75) is 25.3 Å². The number of carbonyl (C=O) groups is 1. The molecule has 2 heterocycles. The highest BCUT2D eigenvalue weighted by atomic mass is 32.1. The van der Waals surface area contributed by atoms with E-state index in [0.717, 1.165) is 19.3 Å². The summed E-state index contributed by atoms with van der Waals surface area (Å²) in [6.45, 7) is 0. The molecule has 130 valence electrons. The van der Waals surface area contributed by atoms with Gasteiger partial charge in [0.2, 0.25) is 0 Å². The van der Waals surface area contributed by atoms with Gasteiger partial charge < -0.3 is 16.8 Å². The van der Waals surface area contributed by atoms with Crippen LogP contribution in [-0.4, -0.2) is 10.9 Å². The van der Waals surface area contributed by atoms with Crippen LogP contribution in [0.25, 0.3) is 10.2 Å². The summed E-state index contributed by atoms with van der Waals surface area (Å²) >= 11 is 1.20. The minimum atomic E-state index is -0.218. The van der Waals surface area contributed by atoms with Gasteiger partial charge in [-0.3, -0.25) is 4.79 Å². The van der Waals surface area contributed by atoms with Gasteiger partial charge in [-0.05, 0) is 36.5 Å². The van der Waals surface area contributed by atoms with Gasteiger partial charge in [-0.2, -0.15) is 5.26 Å². The molecule has 4 rings (SSSR count). The van der Waals surface area contributed by atoms with Gasteiger partial charge in [0.1, 0.15) is 21.6 Å². The number of nitrogens with one attached hydrogen (secondary N) is 1. The number of anilines is 2. The van der Waals surface area contributed by atoms with Crippen molar-refractivity contribution in [2.75, 3.05) is 11.5 Å². The number of fused-ring (bicyclic) bond motifs is 2. The first-order valence-corrected chi connectivity index (χ1v) is 9.17. The van der Waals surface area contributed by atoms with Gasteiger partial charge in [-0.25, -0.2) is 4.98 Å². The zero-order valence-electron chi connectivity index (χ0n) is 14.0. The summed E-state index contributed by atoms with van der Waals surface area (Å²) < 4.78 is 0. The first kappa shape index (κ1) is 16.4. The molecule has 1 aliphatic rings. The highest BCUT2D eigenvalue weighted by Gasteiger charge is 2.25. The number of nitrogens with two attached hydrogens (primary N) is 2. The van der Waals surface area contributed by atoms with Crippen molar-refractivity contribution in [1.82, 2.24) is 10.3 Å². The van der Waals surface area contributed by atoms with Gasteiger partial charge in [0, 0.05) is 5.39 Å². The second kappa shape index (κ2) is 6.32. The lowest BCUT2D eigenvalue weighted by molar-refractivity contribution is 0.0937. The summed E-state index contributed by atoms with van der Waals surface area (Å²) in [5.74, 6) is -0.0706. The van der Waals surface area contributed by atoms with E-state index in [1.54, 1.807) is 6.07 Å². The van der Waals surface area contributed by atoms with Crippen LogP contribution in [0.5, 0.6) is 0 Å². The molecule has 0 radical (unpaired) electrons. The third kappa shape index (κ3) is 2.65. The molecule has 1 unspecified atom stereocenters. The molecular formula is C19H17N5OS. The summed E-state index contributed by atoms with van der Waals surface area (Å²) in [5.41, 5.74) is 15.0. The lowest BCUT2D eigenvalue weighted by Crippen LogP contribution is -2.30. The second-order valence-electron chi connectivity index (χ2n) is 6.35. The Morgan fingerprint density at radius 1 is 1.35 bits per heavy atom. The van der Waals surface area contributed by atoms with Crippen LogP contribution in [-0.2, 0) is 6.42 Å². The first-order valence-electron chi connectivity index (χ1n) is 8.35. The Bertz CT molecular complexity index is 1070. The van der Waals surface area contributed by atoms with E-state index in [1.165, 1.54) is 22.5 Å². The Morgan fingerprint density at radius 3 is 2.96 bits per heavy atom. The molecule has 2 aromatic heterocycles. The smallest absolute Gasteiger partial charge is 0.264 e. The maximum atomic E-state index is 12.8. The van der Waals surface area contributed by atoms with Gasteiger partial charge in [0.05, 0.1) is 17.3 Å². The molecule has 1 atom stereocenters. The van der Waals surface area contributed by atoms with Crippen molar-refractivity contribution >= 4 is 39.0 Å². The average Bonchev–Trinajstić information content (AvgIpc) is 2.97. The Labute approximate surface area is 154 Å². The molecule has 0 saturated heterocycles. The molecule has 7 heteroatoms. The van der Waals surface area contributed by atoms with Crippen molar-refractivity contribution in [3.05, 3.63) is 51.9 Å². The summed E-state index contributed by atoms with van der Waals surface area (Å²) in [6, 6.07) is 11.8. The van der Waals surface area contributed by atoms with Gasteiger partial charge >= 0.3 is 0 Å². The number of rotatable bonds is 2. The molecule has 1 amide bonds. The third-order valence-corrected chi connectivity index (χ3v) is 5.87. The molecule has 0 fully saturated rings. The summed E-state index contributed by atoms with van der Waals surface area (Å²) in [6.07, 6.45) is 2.97. The Balaban J connectivity index is 1.68. The Morgan fingerprint density at radius 2 is 2.15 bits per heavy atom. The van der Waals surface area contributed by atoms with Crippen molar-refractivity contribution in [3.63, 3.8) is 0 Å². The average molecular weight is 363 g/mol. The molecule has 0 spiro atoms. The SMILES string of the molecule is N#Cc1cc2c(N)c(C(=O)NC3CCCc4ccccc43)sc2nc1N. The van der Waals surface area contributed by atoms with Crippen LogP contribution in [0, 0.1) is 11.3 Å². The molecule has 0 aliphatic heterocycles. The zero-order valence-corrected chi connectivity index (χ0v) is 14.8. The lowest BCUT2D eigenvalue weighted by Gasteiger charge is -2.26. The van der Waals surface area contributed by atoms with E-state index >= 15 is 0 Å². The Kier molecular flexibility index (Phi) is 3.98. The van der Waals surface area contributed by atoms with Gasteiger partial charge in [0.25, 0.3) is 5.91 Å². The van der Waals surface area contributed by atoms with E-state index in [2.05, 4.69) is 22.4 Å². The van der Waals surface area contributed by atoms with Crippen molar-refractivity contribution in [1.29, 1.82) is 5.26 Å². The topological polar surface area (TPSA) is 118 Å². The number of thiophene rings is 1. The van der Waals surface area contributed by atoms with Crippen LogP contribution in [0.2, 0.25) is 0 Å². The lowest BCUT2D eigenvalue weighted by atomic mass is 9.88. The standard InChI is InChI=1S/C19H17N5OS/c20-9-11-8-13-15(21)16(26-19(13)24-17(11)22)18(25)23-14-7-3-5-10-4-1-2-6-12(10)14/h1-2,4,6,8,14H,3,5,7,21H2,(H2,22,24)(H,23,25). The molecule has 3 aromatic rings. The Hall–Kier alpha value is -3.11. The maximum absolute atomic E-state index is 12.8. The van der Waals surface area contributed by atoms with E-state index in [1.807, 2.05) is 18.2 Å². The third-order valence-electron chi connectivity index (χ3n) is 4.75. The second-order valence-corrected chi connectivity index (χ2v) is 7.35. The van der Waals surface area contributed by atoms with Crippen LogP contribution >= 0.6 is 11.3 Å². The normalized spacial score (nSPS) is 16.0. The first-order chi connectivity index (χ1) is 12.6. The van der Waals surface area contributed by atoms with Crippen molar-refractivity contribution in [2.24, 2.45) is 0 Å². The highest BCUT2D eigenvalue weighted by Crippen LogP contribution is 2.35. The number of benzene rings is 1. The van der Waals surface area contributed by atoms with E-state index in [-0.39, 0.29) is 23.3 Å². The highest BCUT2D eigenvalue weighted by molar-refractivity contribution is 7.21. The summed E-state index contributed by atoms with van der Waals surface area (Å²) in [7, 11) is 0. The predicted molar refractivity (Wildman–Crippen MR) is 103 cm³/mol. The largest absolute Gasteiger partial charge is 0.397 e. The molecular weight excluding hydrogens is 346 g/mol. The van der Waals surface area contributed by atoms with E-state index in [9.17, 15) is 4.79 Å².